The SMILES string of the molecule is CC(C)(C)c1cncc2cc(CC3CCNCC3)ccc12. The fourth-order valence-electron chi connectivity index (χ4n) is 3.37. The van der Waals surface area contributed by atoms with Gasteiger partial charge in [-0.15, -0.1) is 0 Å². The van der Waals surface area contributed by atoms with Gasteiger partial charge in [-0.3, -0.25) is 4.98 Å². The zero-order valence-corrected chi connectivity index (χ0v) is 13.4. The van der Waals surface area contributed by atoms with Crippen molar-refractivity contribution in [2.75, 3.05) is 13.1 Å². The molecule has 0 radical (unpaired) electrons. The Bertz CT molecular complexity index is 619. The zero-order chi connectivity index (χ0) is 14.9. The number of piperidine rings is 1. The van der Waals surface area contributed by atoms with Crippen molar-refractivity contribution < 1.29 is 0 Å². The minimum atomic E-state index is 0.142. The van der Waals surface area contributed by atoms with Crippen molar-refractivity contribution in [1.82, 2.24) is 10.3 Å². The summed E-state index contributed by atoms with van der Waals surface area (Å²) in [6.45, 7) is 9.12. The summed E-state index contributed by atoms with van der Waals surface area (Å²) in [6.07, 6.45) is 7.85. The van der Waals surface area contributed by atoms with Crippen molar-refractivity contribution in [3.63, 3.8) is 0 Å². The van der Waals surface area contributed by atoms with Crippen LogP contribution < -0.4 is 5.32 Å². The summed E-state index contributed by atoms with van der Waals surface area (Å²) in [7, 11) is 0. The molecule has 0 bridgehead atoms. The highest BCUT2D eigenvalue weighted by Gasteiger charge is 2.18. The van der Waals surface area contributed by atoms with Gasteiger partial charge in [-0.25, -0.2) is 0 Å². The molecule has 1 aromatic heterocycles. The van der Waals surface area contributed by atoms with Crippen molar-refractivity contribution in [2.45, 2.75) is 45.4 Å². The molecule has 1 fully saturated rings. The smallest absolute Gasteiger partial charge is 0.0346 e. The maximum atomic E-state index is 4.46. The van der Waals surface area contributed by atoms with Crippen LogP contribution in [0.25, 0.3) is 10.8 Å². The summed E-state index contributed by atoms with van der Waals surface area (Å²) >= 11 is 0. The Kier molecular flexibility index (Phi) is 3.99. The monoisotopic (exact) mass is 282 g/mol. The van der Waals surface area contributed by atoms with E-state index in [0.29, 0.717) is 0 Å². The quantitative estimate of drug-likeness (QED) is 0.898. The molecule has 112 valence electrons. The maximum Gasteiger partial charge on any atom is 0.0346 e. The van der Waals surface area contributed by atoms with Gasteiger partial charge >= 0.3 is 0 Å². The van der Waals surface area contributed by atoms with E-state index in [1.165, 1.54) is 54.3 Å². The van der Waals surface area contributed by atoms with E-state index in [0.717, 1.165) is 5.92 Å². The van der Waals surface area contributed by atoms with Crippen LogP contribution in [0.2, 0.25) is 0 Å². The van der Waals surface area contributed by atoms with Gasteiger partial charge in [-0.2, -0.15) is 0 Å². The van der Waals surface area contributed by atoms with E-state index in [1.54, 1.807) is 0 Å². The lowest BCUT2D eigenvalue weighted by atomic mass is 9.84. The predicted octanol–water partition coefficient (Wildman–Crippen LogP) is 4.07. The predicted molar refractivity (Wildman–Crippen MR) is 89.7 cm³/mol. The van der Waals surface area contributed by atoms with Crippen LogP contribution >= 0.6 is 0 Å². The first-order valence-corrected chi connectivity index (χ1v) is 8.12. The number of hydrogen-bond acceptors (Lipinski definition) is 2. The molecule has 1 aliphatic rings. The van der Waals surface area contributed by atoms with Crippen molar-refractivity contribution in [3.05, 3.63) is 41.7 Å². The zero-order valence-electron chi connectivity index (χ0n) is 13.4. The fraction of sp³-hybridized carbons (Fsp3) is 0.526. The average Bonchev–Trinajstić information content (AvgIpc) is 2.46. The number of pyridine rings is 1. The molecule has 0 unspecified atom stereocenters. The molecular formula is C19H26N2. The number of benzene rings is 1. The van der Waals surface area contributed by atoms with Gasteiger partial charge in [-0.1, -0.05) is 32.9 Å². The standard InChI is InChI=1S/C19H26N2/c1-19(2,3)18-13-21-12-16-11-15(4-5-17(16)18)10-14-6-8-20-9-7-14/h4-5,11-14,20H,6-10H2,1-3H3. The molecule has 0 saturated carbocycles. The first kappa shape index (κ1) is 14.5. The van der Waals surface area contributed by atoms with Gasteiger partial charge in [0.05, 0.1) is 0 Å². The van der Waals surface area contributed by atoms with Crippen LogP contribution in [-0.2, 0) is 11.8 Å². The second kappa shape index (κ2) is 5.76. The van der Waals surface area contributed by atoms with Gasteiger partial charge in [0.1, 0.15) is 0 Å². The normalized spacial score (nSPS) is 17.3. The molecule has 2 nitrogen and oxygen atoms in total. The van der Waals surface area contributed by atoms with Crippen LogP contribution in [0.15, 0.2) is 30.6 Å². The van der Waals surface area contributed by atoms with Crippen LogP contribution in [0.1, 0.15) is 44.7 Å². The van der Waals surface area contributed by atoms with E-state index in [1.807, 2.05) is 12.4 Å². The van der Waals surface area contributed by atoms with Crippen molar-refractivity contribution >= 4 is 10.8 Å². The number of nitrogens with zero attached hydrogens (tertiary/aromatic N) is 1. The third-order valence-corrected chi connectivity index (χ3v) is 4.61. The van der Waals surface area contributed by atoms with Crippen LogP contribution in [0.4, 0.5) is 0 Å². The molecule has 2 aromatic rings. The van der Waals surface area contributed by atoms with Crippen LogP contribution in [0.5, 0.6) is 0 Å². The third kappa shape index (κ3) is 3.26. The van der Waals surface area contributed by atoms with Crippen LogP contribution in [0.3, 0.4) is 0 Å². The summed E-state index contributed by atoms with van der Waals surface area (Å²) in [5, 5.41) is 6.08. The third-order valence-electron chi connectivity index (χ3n) is 4.61. The molecule has 21 heavy (non-hydrogen) atoms. The van der Waals surface area contributed by atoms with Crippen molar-refractivity contribution in [1.29, 1.82) is 0 Å². The van der Waals surface area contributed by atoms with Gasteiger partial charge in [0.25, 0.3) is 0 Å². The van der Waals surface area contributed by atoms with Crippen molar-refractivity contribution in [3.8, 4) is 0 Å². The summed E-state index contributed by atoms with van der Waals surface area (Å²) in [5.41, 5.74) is 2.94. The minimum Gasteiger partial charge on any atom is -0.317 e. The molecule has 3 rings (SSSR count). The Morgan fingerprint density at radius 3 is 2.62 bits per heavy atom. The second-order valence-corrected chi connectivity index (χ2v) is 7.39. The number of nitrogens with one attached hydrogen (secondary N) is 1. The topological polar surface area (TPSA) is 24.9 Å². The Hall–Kier alpha value is -1.41. The van der Waals surface area contributed by atoms with Gasteiger partial charge in [0.2, 0.25) is 0 Å². The van der Waals surface area contributed by atoms with E-state index in [4.69, 9.17) is 0 Å². The fourth-order valence-corrected chi connectivity index (χ4v) is 3.37. The Labute approximate surface area is 128 Å². The lowest BCUT2D eigenvalue weighted by molar-refractivity contribution is 0.373. The van der Waals surface area contributed by atoms with E-state index in [2.05, 4.69) is 49.3 Å². The van der Waals surface area contributed by atoms with E-state index < -0.39 is 0 Å². The molecule has 0 amide bonds. The summed E-state index contributed by atoms with van der Waals surface area (Å²) < 4.78 is 0. The van der Waals surface area contributed by atoms with E-state index in [-0.39, 0.29) is 5.41 Å². The summed E-state index contributed by atoms with van der Waals surface area (Å²) in [6, 6.07) is 6.97. The molecule has 2 heteroatoms. The van der Waals surface area contributed by atoms with Crippen molar-refractivity contribution in [2.24, 2.45) is 5.92 Å². The molecule has 1 aliphatic heterocycles. The Morgan fingerprint density at radius 2 is 1.90 bits per heavy atom. The lowest BCUT2D eigenvalue weighted by Crippen LogP contribution is -2.28. The minimum absolute atomic E-state index is 0.142. The molecule has 0 atom stereocenters. The highest BCUT2D eigenvalue weighted by molar-refractivity contribution is 5.86. The first-order chi connectivity index (χ1) is 10.0. The first-order valence-electron chi connectivity index (χ1n) is 8.12. The summed E-state index contributed by atoms with van der Waals surface area (Å²) in [4.78, 5) is 4.46. The average molecular weight is 282 g/mol. The number of aromatic nitrogens is 1. The molecular weight excluding hydrogens is 256 g/mol. The molecule has 1 N–H and O–H groups in total. The number of rotatable bonds is 2. The number of fused-ring (bicyclic) bond motifs is 1. The molecule has 0 aliphatic carbocycles. The maximum absolute atomic E-state index is 4.46. The van der Waals surface area contributed by atoms with Gasteiger partial charge in [0.15, 0.2) is 0 Å². The van der Waals surface area contributed by atoms with Crippen LogP contribution in [0, 0.1) is 5.92 Å². The molecule has 1 saturated heterocycles. The lowest BCUT2D eigenvalue weighted by Gasteiger charge is -2.23. The van der Waals surface area contributed by atoms with Crippen LogP contribution in [-0.4, -0.2) is 18.1 Å². The van der Waals surface area contributed by atoms with Gasteiger partial charge in [0, 0.05) is 17.8 Å². The Morgan fingerprint density at radius 1 is 1.14 bits per heavy atom. The molecule has 2 heterocycles. The highest BCUT2D eigenvalue weighted by atomic mass is 14.9. The second-order valence-electron chi connectivity index (χ2n) is 7.39. The number of hydrogen-bond donors (Lipinski definition) is 1. The van der Waals surface area contributed by atoms with Gasteiger partial charge in [-0.05, 0) is 66.3 Å². The summed E-state index contributed by atoms with van der Waals surface area (Å²) in [5.74, 6) is 0.836. The Balaban J connectivity index is 1.90. The highest BCUT2D eigenvalue weighted by Crippen LogP contribution is 2.30. The largest absolute Gasteiger partial charge is 0.317 e. The molecule has 0 spiro atoms. The molecule has 1 aromatic carbocycles. The van der Waals surface area contributed by atoms with E-state index >= 15 is 0 Å². The van der Waals surface area contributed by atoms with E-state index in [9.17, 15) is 0 Å². The van der Waals surface area contributed by atoms with Gasteiger partial charge < -0.3 is 5.32 Å².